The number of aliphatic hydroxyl groups excluding tert-OH is 1. The molecule has 0 unspecified atom stereocenters. The van der Waals surface area contributed by atoms with Gasteiger partial charge in [-0.1, -0.05) is 19.1 Å². The lowest BCUT2D eigenvalue weighted by Crippen LogP contribution is -2.50. The average Bonchev–Trinajstić information content (AvgIpc) is 3.37. The quantitative estimate of drug-likeness (QED) is 0.301. The number of fused-ring (bicyclic) bond motifs is 2. The van der Waals surface area contributed by atoms with E-state index in [1.165, 1.54) is 30.6 Å². The van der Waals surface area contributed by atoms with E-state index in [4.69, 9.17) is 14.2 Å². The van der Waals surface area contributed by atoms with Crippen LogP contribution in [-0.4, -0.2) is 86.3 Å². The minimum atomic E-state index is -3.92. The highest BCUT2D eigenvalue weighted by Gasteiger charge is 2.37. The Morgan fingerprint density at radius 1 is 1.11 bits per heavy atom. The number of sulfonamides is 1. The molecule has 12 nitrogen and oxygen atoms in total. The van der Waals surface area contributed by atoms with Crippen molar-refractivity contribution in [1.82, 2.24) is 9.21 Å². The molecule has 0 spiro atoms. The minimum absolute atomic E-state index is 0.0586. The van der Waals surface area contributed by atoms with Crippen LogP contribution >= 0.6 is 0 Å². The lowest BCUT2D eigenvalue weighted by atomic mass is 9.99. The van der Waals surface area contributed by atoms with Crippen LogP contribution in [0.4, 0.5) is 16.2 Å². The molecule has 3 aromatic rings. The first kappa shape index (κ1) is 34.0. The van der Waals surface area contributed by atoms with E-state index in [0.29, 0.717) is 23.6 Å². The smallest absolute Gasteiger partial charge is 0.323 e. The number of nitrogens with one attached hydrogen (secondary N) is 2. The first-order valence-corrected chi connectivity index (χ1v) is 16.9. The highest BCUT2D eigenvalue weighted by Crippen LogP contribution is 2.40. The van der Waals surface area contributed by atoms with Gasteiger partial charge in [-0.25, -0.2) is 13.2 Å². The fourth-order valence-electron chi connectivity index (χ4n) is 5.83. The molecule has 3 aromatic carbocycles. The molecule has 252 valence electrons. The Hall–Kier alpha value is -4.33. The maximum Gasteiger partial charge on any atom is 0.323 e. The van der Waals surface area contributed by atoms with Gasteiger partial charge >= 0.3 is 6.03 Å². The van der Waals surface area contributed by atoms with Crippen LogP contribution in [-0.2, 0) is 16.4 Å². The molecular formula is C34H42N4O8S. The number of anilines is 2. The van der Waals surface area contributed by atoms with Crippen molar-refractivity contribution in [3.05, 3.63) is 71.8 Å². The molecular weight excluding hydrogens is 624 g/mol. The van der Waals surface area contributed by atoms with Gasteiger partial charge in [0.15, 0.2) is 5.75 Å². The molecule has 13 heteroatoms. The molecule has 0 bridgehead atoms. The number of hydrogen-bond donors (Lipinski definition) is 3. The minimum Gasteiger partial charge on any atom is -0.497 e. The number of ether oxygens (including phenoxy) is 3. The first-order chi connectivity index (χ1) is 22.2. The zero-order valence-electron chi connectivity index (χ0n) is 27.4. The molecule has 3 N–H and O–H groups in total. The number of nitrogens with zero attached hydrogens (tertiary/aromatic N) is 2. The molecule has 0 radical (unpaired) electrons. The summed E-state index contributed by atoms with van der Waals surface area (Å²) in [5.41, 5.74) is 1.48. The molecule has 0 saturated heterocycles. The second kappa shape index (κ2) is 13.4. The Balaban J connectivity index is 1.45. The molecule has 2 heterocycles. The standard InChI is InChI=1S/C34H42N4O8S/c1-21-18-38(22(2)20-39)32(40)25-9-7-11-28(36-33(41)35-27-10-8-12-29-26(27)17-34(3,4)46-29)31(25)45-30(21)19-37(5)47(42,43)24-15-13-23(44-6)14-16-24/h7-16,21-22,30,39H,17-20H2,1-6H3,(H2,35,36,41)/t21-,22+,30+/m1/s1. The van der Waals surface area contributed by atoms with Crippen molar-refractivity contribution in [1.29, 1.82) is 0 Å². The van der Waals surface area contributed by atoms with Gasteiger partial charge in [0.25, 0.3) is 5.91 Å². The van der Waals surface area contributed by atoms with Crippen molar-refractivity contribution < 1.29 is 37.3 Å². The molecule has 2 aliphatic rings. The summed E-state index contributed by atoms with van der Waals surface area (Å²) in [7, 11) is -0.950. The lowest BCUT2D eigenvalue weighted by molar-refractivity contribution is 0.0389. The number of hydrogen-bond acceptors (Lipinski definition) is 8. The second-order valence-electron chi connectivity index (χ2n) is 12.7. The monoisotopic (exact) mass is 666 g/mol. The van der Waals surface area contributed by atoms with Gasteiger partial charge in [0, 0.05) is 37.2 Å². The number of urea groups is 1. The van der Waals surface area contributed by atoms with Crippen LogP contribution in [0.3, 0.4) is 0 Å². The number of benzene rings is 3. The third kappa shape index (κ3) is 7.16. The number of carbonyl (C=O) groups is 2. The second-order valence-corrected chi connectivity index (χ2v) is 14.7. The Bertz CT molecular complexity index is 1750. The molecule has 3 amide bonds. The van der Waals surface area contributed by atoms with Crippen molar-refractivity contribution in [2.45, 2.75) is 56.8 Å². The largest absolute Gasteiger partial charge is 0.497 e. The normalized spacial score (nSPS) is 19.4. The van der Waals surface area contributed by atoms with Crippen LogP contribution in [0.25, 0.3) is 0 Å². The van der Waals surface area contributed by atoms with Gasteiger partial charge in [0.2, 0.25) is 10.0 Å². The molecule has 0 aliphatic carbocycles. The number of methoxy groups -OCH3 is 1. The maximum absolute atomic E-state index is 13.9. The van der Waals surface area contributed by atoms with Crippen LogP contribution in [0, 0.1) is 5.92 Å². The highest BCUT2D eigenvalue weighted by molar-refractivity contribution is 7.89. The van der Waals surface area contributed by atoms with Crippen molar-refractivity contribution in [2.75, 3.05) is 44.5 Å². The number of rotatable bonds is 9. The highest BCUT2D eigenvalue weighted by atomic mass is 32.2. The number of amides is 3. The van der Waals surface area contributed by atoms with Crippen LogP contribution in [0.15, 0.2) is 65.6 Å². The van der Waals surface area contributed by atoms with Gasteiger partial charge < -0.3 is 34.9 Å². The Morgan fingerprint density at radius 2 is 1.77 bits per heavy atom. The Morgan fingerprint density at radius 3 is 2.45 bits per heavy atom. The lowest BCUT2D eigenvalue weighted by Gasteiger charge is -2.38. The van der Waals surface area contributed by atoms with Crippen molar-refractivity contribution in [3.63, 3.8) is 0 Å². The van der Waals surface area contributed by atoms with Crippen molar-refractivity contribution >= 4 is 33.3 Å². The van der Waals surface area contributed by atoms with Gasteiger partial charge in [0.1, 0.15) is 23.2 Å². The summed E-state index contributed by atoms with van der Waals surface area (Å²) in [6.45, 7) is 7.42. The summed E-state index contributed by atoms with van der Waals surface area (Å²) < 4.78 is 46.0. The molecule has 0 aromatic heterocycles. The van der Waals surface area contributed by atoms with Crippen LogP contribution in [0.1, 0.15) is 43.6 Å². The van der Waals surface area contributed by atoms with E-state index in [-0.39, 0.29) is 53.4 Å². The van der Waals surface area contributed by atoms with Crippen molar-refractivity contribution in [3.8, 4) is 17.2 Å². The van der Waals surface area contributed by atoms with Crippen molar-refractivity contribution in [2.24, 2.45) is 5.92 Å². The number of aliphatic hydroxyl groups is 1. The van der Waals surface area contributed by atoms with E-state index in [2.05, 4.69) is 10.6 Å². The number of para-hydroxylation sites is 1. The van der Waals surface area contributed by atoms with Crippen LogP contribution < -0.4 is 24.8 Å². The zero-order chi connectivity index (χ0) is 34.1. The third-order valence-electron chi connectivity index (χ3n) is 8.51. The summed E-state index contributed by atoms with van der Waals surface area (Å²) in [4.78, 5) is 28.9. The van der Waals surface area contributed by atoms with E-state index in [0.717, 1.165) is 5.56 Å². The van der Waals surface area contributed by atoms with Gasteiger partial charge in [-0.3, -0.25) is 4.79 Å². The van der Waals surface area contributed by atoms with E-state index < -0.39 is 33.8 Å². The van der Waals surface area contributed by atoms with Gasteiger partial charge in [-0.15, -0.1) is 0 Å². The predicted molar refractivity (Wildman–Crippen MR) is 178 cm³/mol. The van der Waals surface area contributed by atoms with Crippen LogP contribution in [0.2, 0.25) is 0 Å². The molecule has 0 saturated carbocycles. The molecule has 3 atom stereocenters. The number of carbonyl (C=O) groups excluding carboxylic acids is 2. The Labute approximate surface area is 275 Å². The average molecular weight is 667 g/mol. The summed E-state index contributed by atoms with van der Waals surface area (Å²) in [6, 6.07) is 15.3. The molecule has 47 heavy (non-hydrogen) atoms. The first-order valence-electron chi connectivity index (χ1n) is 15.4. The van der Waals surface area contributed by atoms with E-state index >= 15 is 0 Å². The summed E-state index contributed by atoms with van der Waals surface area (Å²) in [5, 5.41) is 15.7. The maximum atomic E-state index is 13.9. The Kier molecular flexibility index (Phi) is 9.71. The topological polar surface area (TPSA) is 147 Å². The van der Waals surface area contributed by atoms with E-state index in [1.54, 1.807) is 54.3 Å². The number of likely N-dealkylation sites (N-methyl/N-ethyl adjacent to an activating group) is 1. The van der Waals surface area contributed by atoms with Gasteiger partial charge in [-0.2, -0.15) is 4.31 Å². The zero-order valence-corrected chi connectivity index (χ0v) is 28.3. The van der Waals surface area contributed by atoms with Gasteiger partial charge in [-0.05, 0) is 69.3 Å². The fourth-order valence-corrected chi connectivity index (χ4v) is 7.02. The fraction of sp³-hybridized carbons (Fsp3) is 0.412. The van der Waals surface area contributed by atoms with E-state index in [9.17, 15) is 23.1 Å². The van der Waals surface area contributed by atoms with Crippen LogP contribution in [0.5, 0.6) is 17.2 Å². The summed E-state index contributed by atoms with van der Waals surface area (Å²) in [6.07, 6.45) is -0.126. The van der Waals surface area contributed by atoms with Gasteiger partial charge in [0.05, 0.1) is 42.4 Å². The molecule has 2 aliphatic heterocycles. The SMILES string of the molecule is COc1ccc(S(=O)(=O)N(C)C[C@@H]2Oc3c(NC(=O)Nc4cccc5c4CC(C)(C)O5)cccc3C(=O)N([C@@H](C)CO)C[C@H]2C)cc1. The molecule has 0 fully saturated rings. The summed E-state index contributed by atoms with van der Waals surface area (Å²) in [5.74, 6) is 0.593. The third-order valence-corrected chi connectivity index (χ3v) is 10.4. The predicted octanol–water partition coefficient (Wildman–Crippen LogP) is 4.59. The van der Waals surface area contributed by atoms with E-state index in [1.807, 2.05) is 26.8 Å². The molecule has 5 rings (SSSR count). The summed E-state index contributed by atoms with van der Waals surface area (Å²) >= 11 is 0.